The van der Waals surface area contributed by atoms with Gasteiger partial charge in [0.05, 0.1) is 6.61 Å². The van der Waals surface area contributed by atoms with Gasteiger partial charge in [-0.25, -0.2) is 0 Å². The molecule has 9 heavy (non-hydrogen) atoms. The average Bonchev–Trinajstić information content (AvgIpc) is 2.17. The molecule has 0 fully saturated rings. The third-order valence-electron chi connectivity index (χ3n) is 1.18. The molecule has 0 spiro atoms. The minimum atomic E-state index is 0.203. The van der Waals surface area contributed by atoms with E-state index in [1.54, 1.807) is 0 Å². The Bertz CT molecular complexity index is 114. The molecule has 1 radical (unpaired) electrons. The molecule has 3 nitrogen and oxygen atoms in total. The van der Waals surface area contributed by atoms with E-state index >= 15 is 0 Å². The zero-order chi connectivity index (χ0) is 6.69. The van der Waals surface area contributed by atoms with E-state index < -0.39 is 0 Å². The molecule has 0 aromatic heterocycles. The number of aliphatic hydroxyl groups is 1. The smallest absolute Gasteiger partial charge is 0.141 e. The molecular weight excluding hydrogens is 116 g/mol. The van der Waals surface area contributed by atoms with Crippen LogP contribution in [0.2, 0.25) is 0 Å². The second-order valence-corrected chi connectivity index (χ2v) is 2.04. The van der Waals surface area contributed by atoms with Crippen LogP contribution >= 0.6 is 0 Å². The molecule has 1 heterocycles. The van der Waals surface area contributed by atoms with Crippen molar-refractivity contribution in [2.75, 3.05) is 20.2 Å². The molecule has 1 aliphatic heterocycles. The number of hydrogen-bond acceptors (Lipinski definition) is 3. The zero-order valence-corrected chi connectivity index (χ0v) is 5.49. The highest BCUT2D eigenvalue weighted by Crippen LogP contribution is 2.06. The van der Waals surface area contributed by atoms with Gasteiger partial charge in [-0.15, -0.1) is 0 Å². The monoisotopic (exact) mass is 127 g/mol. The van der Waals surface area contributed by atoms with Crippen LogP contribution in [0, 0.1) is 6.67 Å². The second kappa shape index (κ2) is 2.73. The van der Waals surface area contributed by atoms with Gasteiger partial charge < -0.3 is 14.9 Å². The molecule has 1 rings (SSSR count). The summed E-state index contributed by atoms with van der Waals surface area (Å²) in [6.07, 6.45) is 3.87. The number of rotatable bonds is 2. The van der Waals surface area contributed by atoms with E-state index in [4.69, 9.17) is 5.11 Å². The maximum atomic E-state index is 8.50. The highest BCUT2D eigenvalue weighted by Gasteiger charge is 2.06. The van der Waals surface area contributed by atoms with E-state index in [0.717, 1.165) is 0 Å². The number of hydrogen-bond donors (Lipinski definition) is 1. The van der Waals surface area contributed by atoms with Gasteiger partial charge in [0, 0.05) is 26.0 Å². The lowest BCUT2D eigenvalue weighted by Crippen LogP contribution is -2.19. The van der Waals surface area contributed by atoms with Crippen molar-refractivity contribution in [2.24, 2.45) is 0 Å². The first-order valence-corrected chi connectivity index (χ1v) is 2.95. The quantitative estimate of drug-likeness (QED) is 0.557. The maximum Gasteiger partial charge on any atom is 0.141 e. The van der Waals surface area contributed by atoms with E-state index in [9.17, 15) is 0 Å². The lowest BCUT2D eigenvalue weighted by Gasteiger charge is -2.14. The Hall–Kier alpha value is -0.700. The average molecular weight is 127 g/mol. The molecule has 0 bridgehead atoms. The van der Waals surface area contributed by atoms with Crippen LogP contribution in [0.25, 0.3) is 0 Å². The van der Waals surface area contributed by atoms with Gasteiger partial charge in [-0.3, -0.25) is 0 Å². The van der Waals surface area contributed by atoms with Crippen molar-refractivity contribution in [1.29, 1.82) is 0 Å². The molecule has 1 N–H and O–H groups in total. The molecule has 51 valence electrons. The number of nitrogens with zero attached hydrogens (tertiary/aromatic N) is 2. The zero-order valence-electron chi connectivity index (χ0n) is 5.49. The summed E-state index contributed by atoms with van der Waals surface area (Å²) in [6.45, 7) is 2.81. The standard InChI is InChI=1S/C6H11N2O/c1-7-2-3-8(6-7)4-5-9/h2-3,6,9H,4-5H2,1H3. The summed E-state index contributed by atoms with van der Waals surface area (Å²) >= 11 is 0. The Kier molecular flexibility index (Phi) is 1.95. The maximum absolute atomic E-state index is 8.50. The van der Waals surface area contributed by atoms with Gasteiger partial charge in [-0.2, -0.15) is 0 Å². The Morgan fingerprint density at radius 1 is 1.44 bits per heavy atom. The van der Waals surface area contributed by atoms with Gasteiger partial charge in [0.1, 0.15) is 6.67 Å². The molecule has 3 heteroatoms. The lowest BCUT2D eigenvalue weighted by atomic mass is 10.6. The highest BCUT2D eigenvalue weighted by molar-refractivity contribution is 4.94. The summed E-state index contributed by atoms with van der Waals surface area (Å²) in [5, 5.41) is 8.50. The summed E-state index contributed by atoms with van der Waals surface area (Å²) in [5.74, 6) is 0. The molecule has 0 atom stereocenters. The number of aliphatic hydroxyl groups excluding tert-OH is 1. The molecule has 0 saturated carbocycles. The van der Waals surface area contributed by atoms with Crippen LogP contribution in [0.15, 0.2) is 12.4 Å². The molecular formula is C6H11N2O. The van der Waals surface area contributed by atoms with Gasteiger partial charge in [-0.1, -0.05) is 0 Å². The fourth-order valence-electron chi connectivity index (χ4n) is 0.749. The molecule has 0 aromatic rings. The topological polar surface area (TPSA) is 26.7 Å². The number of β-amino-alcohol motifs (C(OH)–C–C–N with tert-alkyl or cyclic N) is 1. The van der Waals surface area contributed by atoms with Gasteiger partial charge in [0.25, 0.3) is 0 Å². The Morgan fingerprint density at radius 2 is 2.22 bits per heavy atom. The van der Waals surface area contributed by atoms with Crippen LogP contribution in [-0.2, 0) is 0 Å². The molecule has 1 aliphatic rings. The Labute approximate surface area is 55.2 Å². The molecule has 0 aliphatic carbocycles. The van der Waals surface area contributed by atoms with E-state index in [0.29, 0.717) is 6.54 Å². The van der Waals surface area contributed by atoms with Crippen LogP contribution in [0.1, 0.15) is 0 Å². The third-order valence-corrected chi connectivity index (χ3v) is 1.18. The van der Waals surface area contributed by atoms with Crippen molar-refractivity contribution in [2.45, 2.75) is 0 Å². The highest BCUT2D eigenvalue weighted by atomic mass is 16.3. The van der Waals surface area contributed by atoms with Crippen molar-refractivity contribution < 1.29 is 5.11 Å². The minimum absolute atomic E-state index is 0.203. The van der Waals surface area contributed by atoms with E-state index in [1.807, 2.05) is 35.9 Å². The first kappa shape index (κ1) is 6.42. The predicted molar refractivity (Wildman–Crippen MR) is 35.0 cm³/mol. The van der Waals surface area contributed by atoms with Gasteiger partial charge in [-0.05, 0) is 0 Å². The fourth-order valence-corrected chi connectivity index (χ4v) is 0.749. The SMILES string of the molecule is CN1[CH]N(CCO)C=C1. The van der Waals surface area contributed by atoms with Gasteiger partial charge in [0.2, 0.25) is 0 Å². The van der Waals surface area contributed by atoms with E-state index in [2.05, 4.69) is 0 Å². The van der Waals surface area contributed by atoms with Crippen LogP contribution in [0.5, 0.6) is 0 Å². The first-order chi connectivity index (χ1) is 4.33. The van der Waals surface area contributed by atoms with Crippen LogP contribution in [0.4, 0.5) is 0 Å². The van der Waals surface area contributed by atoms with Crippen molar-refractivity contribution in [1.82, 2.24) is 9.80 Å². The summed E-state index contributed by atoms with van der Waals surface area (Å²) in [5.41, 5.74) is 0. The van der Waals surface area contributed by atoms with Crippen LogP contribution < -0.4 is 0 Å². The summed E-state index contributed by atoms with van der Waals surface area (Å²) in [4.78, 5) is 3.87. The van der Waals surface area contributed by atoms with Crippen molar-refractivity contribution in [3.63, 3.8) is 0 Å². The summed E-state index contributed by atoms with van der Waals surface area (Å²) in [6, 6.07) is 0. The summed E-state index contributed by atoms with van der Waals surface area (Å²) < 4.78 is 0. The molecule has 0 aromatic carbocycles. The van der Waals surface area contributed by atoms with Gasteiger partial charge >= 0.3 is 0 Å². The Balaban J connectivity index is 2.24. The van der Waals surface area contributed by atoms with Crippen molar-refractivity contribution in [3.8, 4) is 0 Å². The molecule has 0 amide bonds. The third kappa shape index (κ3) is 1.61. The van der Waals surface area contributed by atoms with Crippen molar-refractivity contribution in [3.05, 3.63) is 19.1 Å². The first-order valence-electron chi connectivity index (χ1n) is 2.95. The molecule has 0 unspecified atom stereocenters. The normalized spacial score (nSPS) is 17.6. The second-order valence-electron chi connectivity index (χ2n) is 2.04. The minimum Gasteiger partial charge on any atom is -0.395 e. The van der Waals surface area contributed by atoms with E-state index in [1.165, 1.54) is 0 Å². The largest absolute Gasteiger partial charge is 0.395 e. The predicted octanol–water partition coefficient (Wildman–Crippen LogP) is -0.183. The van der Waals surface area contributed by atoms with E-state index in [-0.39, 0.29) is 6.61 Å². The van der Waals surface area contributed by atoms with Crippen LogP contribution in [-0.4, -0.2) is 35.1 Å². The van der Waals surface area contributed by atoms with Crippen molar-refractivity contribution >= 4 is 0 Å². The Morgan fingerprint density at radius 3 is 2.67 bits per heavy atom. The van der Waals surface area contributed by atoms with Crippen LogP contribution in [0.3, 0.4) is 0 Å². The summed E-state index contributed by atoms with van der Waals surface area (Å²) in [7, 11) is 1.95. The van der Waals surface area contributed by atoms with Gasteiger partial charge in [0.15, 0.2) is 0 Å². The molecule has 0 saturated heterocycles. The lowest BCUT2D eigenvalue weighted by molar-refractivity contribution is 0.245. The fraction of sp³-hybridized carbons (Fsp3) is 0.500.